The summed E-state index contributed by atoms with van der Waals surface area (Å²) < 4.78 is 0. The third-order valence-corrected chi connectivity index (χ3v) is 3.66. The lowest BCUT2D eigenvalue weighted by molar-refractivity contribution is -0.138. The number of aliphatic carboxylic acids is 1. The Labute approximate surface area is 115 Å². The summed E-state index contributed by atoms with van der Waals surface area (Å²) in [6, 6.07) is 5.32. The molecule has 2 aromatic rings. The predicted molar refractivity (Wildman–Crippen MR) is 75.4 cm³/mol. The fourth-order valence-corrected chi connectivity index (χ4v) is 2.89. The molecule has 5 heteroatoms. The second-order valence-electron chi connectivity index (χ2n) is 4.65. The van der Waals surface area contributed by atoms with Crippen molar-refractivity contribution in [3.8, 4) is 0 Å². The van der Waals surface area contributed by atoms with Gasteiger partial charge >= 0.3 is 5.97 Å². The van der Waals surface area contributed by atoms with Gasteiger partial charge in [0.15, 0.2) is 0 Å². The molecule has 0 spiro atoms. The summed E-state index contributed by atoms with van der Waals surface area (Å²) in [5.74, 6) is -1.05. The van der Waals surface area contributed by atoms with Gasteiger partial charge < -0.3 is 10.8 Å². The lowest BCUT2D eigenvalue weighted by atomic mass is 10.1. The Hall–Kier alpha value is -1.72. The number of carboxylic acids is 1. The van der Waals surface area contributed by atoms with Crippen molar-refractivity contribution in [3.63, 3.8) is 0 Å². The number of nitrogens with two attached hydrogens (primary N) is 1. The molecular weight excluding hydrogens is 260 g/mol. The molecule has 0 saturated heterocycles. The van der Waals surface area contributed by atoms with Gasteiger partial charge in [-0.3, -0.25) is 4.79 Å². The van der Waals surface area contributed by atoms with Crippen LogP contribution in [0.15, 0.2) is 23.6 Å². The Kier molecular flexibility index (Phi) is 3.97. The smallest absolute Gasteiger partial charge is 0.326 e. The minimum Gasteiger partial charge on any atom is -0.480 e. The van der Waals surface area contributed by atoms with Crippen molar-refractivity contribution in [2.45, 2.75) is 26.3 Å². The number of hydrogen-bond acceptors (Lipinski definition) is 4. The highest BCUT2D eigenvalue weighted by molar-refractivity contribution is 7.09. The summed E-state index contributed by atoms with van der Waals surface area (Å²) in [6.07, 6.45) is 0.708. The zero-order valence-corrected chi connectivity index (χ0v) is 11.7. The first kappa shape index (κ1) is 13.7. The number of rotatable bonds is 4. The SMILES string of the molecule is Cc1cc(C)cc(Cc2nc(C(N)C(=O)O)cs2)c1. The van der Waals surface area contributed by atoms with Crippen molar-refractivity contribution in [1.82, 2.24) is 4.98 Å². The van der Waals surface area contributed by atoms with E-state index in [-0.39, 0.29) is 0 Å². The first-order chi connectivity index (χ1) is 8.95. The van der Waals surface area contributed by atoms with Crippen molar-refractivity contribution >= 4 is 17.3 Å². The van der Waals surface area contributed by atoms with Gasteiger partial charge in [-0.2, -0.15) is 0 Å². The molecule has 0 aliphatic rings. The van der Waals surface area contributed by atoms with Crippen molar-refractivity contribution in [2.24, 2.45) is 5.73 Å². The summed E-state index contributed by atoms with van der Waals surface area (Å²) in [5, 5.41) is 11.5. The van der Waals surface area contributed by atoms with Crippen molar-refractivity contribution < 1.29 is 9.90 Å². The number of carboxylic acid groups (broad SMARTS) is 1. The van der Waals surface area contributed by atoms with E-state index in [1.807, 2.05) is 0 Å². The third kappa shape index (κ3) is 3.39. The normalized spacial score (nSPS) is 12.4. The molecule has 4 nitrogen and oxygen atoms in total. The Bertz CT molecular complexity index is 587. The van der Waals surface area contributed by atoms with Gasteiger partial charge in [0.2, 0.25) is 0 Å². The monoisotopic (exact) mass is 276 g/mol. The van der Waals surface area contributed by atoms with Gasteiger partial charge in [0, 0.05) is 11.8 Å². The first-order valence-corrected chi connectivity index (χ1v) is 6.83. The van der Waals surface area contributed by atoms with Crippen LogP contribution in [0.3, 0.4) is 0 Å². The quantitative estimate of drug-likeness (QED) is 0.899. The van der Waals surface area contributed by atoms with Gasteiger partial charge in [0.25, 0.3) is 0 Å². The van der Waals surface area contributed by atoms with E-state index in [1.165, 1.54) is 28.0 Å². The van der Waals surface area contributed by atoms with Crippen LogP contribution in [0, 0.1) is 13.8 Å². The molecule has 3 N–H and O–H groups in total. The van der Waals surface area contributed by atoms with Crippen molar-refractivity contribution in [2.75, 3.05) is 0 Å². The number of aryl methyl sites for hydroxylation is 2. The second-order valence-corrected chi connectivity index (χ2v) is 5.60. The Morgan fingerprint density at radius 2 is 2.00 bits per heavy atom. The second kappa shape index (κ2) is 5.50. The summed E-state index contributed by atoms with van der Waals surface area (Å²) >= 11 is 1.45. The molecule has 1 heterocycles. The van der Waals surface area contributed by atoms with E-state index >= 15 is 0 Å². The highest BCUT2D eigenvalue weighted by atomic mass is 32.1. The molecule has 1 aromatic carbocycles. The Morgan fingerprint density at radius 3 is 2.58 bits per heavy atom. The van der Waals surface area contributed by atoms with Crippen LogP contribution in [0.5, 0.6) is 0 Å². The van der Waals surface area contributed by atoms with Crippen LogP contribution in [0.2, 0.25) is 0 Å². The zero-order valence-electron chi connectivity index (χ0n) is 10.9. The Balaban J connectivity index is 2.18. The average molecular weight is 276 g/mol. The molecule has 1 aromatic heterocycles. The molecule has 0 saturated carbocycles. The van der Waals surface area contributed by atoms with Crippen LogP contribution < -0.4 is 5.73 Å². The molecule has 2 rings (SSSR count). The van der Waals surface area contributed by atoms with Crippen molar-refractivity contribution in [1.29, 1.82) is 0 Å². The van der Waals surface area contributed by atoms with Crippen LogP contribution in [0.25, 0.3) is 0 Å². The van der Waals surface area contributed by atoms with E-state index in [0.29, 0.717) is 12.1 Å². The van der Waals surface area contributed by atoms with E-state index in [1.54, 1.807) is 5.38 Å². The molecular formula is C14H16N2O2S. The third-order valence-electron chi connectivity index (χ3n) is 2.79. The minimum absolute atomic E-state index is 0.428. The number of thiazole rings is 1. The Morgan fingerprint density at radius 1 is 1.37 bits per heavy atom. The molecule has 19 heavy (non-hydrogen) atoms. The lowest BCUT2D eigenvalue weighted by Gasteiger charge is -2.03. The molecule has 100 valence electrons. The molecule has 0 aliphatic carbocycles. The van der Waals surface area contributed by atoms with Gasteiger partial charge in [-0.25, -0.2) is 4.98 Å². The number of benzene rings is 1. The standard InChI is InChI=1S/C14H16N2O2S/c1-8-3-9(2)5-10(4-8)6-12-16-11(7-19-12)13(15)14(17)18/h3-5,7,13H,6,15H2,1-2H3,(H,17,18). The van der Waals surface area contributed by atoms with Gasteiger partial charge in [-0.05, 0) is 19.4 Å². The summed E-state index contributed by atoms with van der Waals surface area (Å²) in [5.41, 5.74) is 9.58. The fourth-order valence-electron chi connectivity index (χ4n) is 2.02. The van der Waals surface area contributed by atoms with Crippen LogP contribution in [-0.4, -0.2) is 16.1 Å². The average Bonchev–Trinajstić information content (AvgIpc) is 2.74. The molecule has 1 atom stereocenters. The van der Waals surface area contributed by atoms with Crippen LogP contribution in [-0.2, 0) is 11.2 Å². The van der Waals surface area contributed by atoms with Gasteiger partial charge in [-0.1, -0.05) is 29.3 Å². The zero-order chi connectivity index (χ0) is 14.0. The molecule has 1 unspecified atom stereocenters. The van der Waals surface area contributed by atoms with Gasteiger partial charge in [0.05, 0.1) is 10.7 Å². The van der Waals surface area contributed by atoms with E-state index in [0.717, 1.165) is 5.01 Å². The predicted octanol–water partition coefficient (Wildman–Crippen LogP) is 2.44. The minimum atomic E-state index is -1.05. The van der Waals surface area contributed by atoms with E-state index in [4.69, 9.17) is 10.8 Å². The van der Waals surface area contributed by atoms with E-state index < -0.39 is 12.0 Å². The highest BCUT2D eigenvalue weighted by Crippen LogP contribution is 2.19. The van der Waals surface area contributed by atoms with E-state index in [2.05, 4.69) is 37.0 Å². The molecule has 0 aliphatic heterocycles. The first-order valence-electron chi connectivity index (χ1n) is 5.95. The maximum Gasteiger partial charge on any atom is 0.326 e. The number of hydrogen-bond donors (Lipinski definition) is 2. The fraction of sp³-hybridized carbons (Fsp3) is 0.286. The summed E-state index contributed by atoms with van der Waals surface area (Å²) in [7, 11) is 0. The summed E-state index contributed by atoms with van der Waals surface area (Å²) in [4.78, 5) is 15.1. The molecule has 0 fully saturated rings. The summed E-state index contributed by atoms with van der Waals surface area (Å²) in [6.45, 7) is 4.12. The van der Waals surface area contributed by atoms with Gasteiger partial charge in [-0.15, -0.1) is 11.3 Å². The van der Waals surface area contributed by atoms with Crippen LogP contribution in [0.1, 0.15) is 33.4 Å². The van der Waals surface area contributed by atoms with Crippen LogP contribution >= 0.6 is 11.3 Å². The van der Waals surface area contributed by atoms with E-state index in [9.17, 15) is 4.79 Å². The van der Waals surface area contributed by atoms with Crippen molar-refractivity contribution in [3.05, 3.63) is 51.0 Å². The maximum absolute atomic E-state index is 10.8. The number of nitrogens with zero attached hydrogens (tertiary/aromatic N) is 1. The maximum atomic E-state index is 10.8. The topological polar surface area (TPSA) is 76.2 Å². The highest BCUT2D eigenvalue weighted by Gasteiger charge is 2.17. The largest absolute Gasteiger partial charge is 0.480 e. The number of aromatic nitrogens is 1. The van der Waals surface area contributed by atoms with Crippen LogP contribution in [0.4, 0.5) is 0 Å². The molecule has 0 amide bonds. The van der Waals surface area contributed by atoms with Gasteiger partial charge in [0.1, 0.15) is 6.04 Å². The number of carbonyl (C=O) groups is 1. The molecule has 0 bridgehead atoms. The lowest BCUT2D eigenvalue weighted by Crippen LogP contribution is -2.20. The molecule has 0 radical (unpaired) electrons.